The highest BCUT2D eigenvalue weighted by molar-refractivity contribution is 7.92. The van der Waals surface area contributed by atoms with Crippen molar-refractivity contribution < 1.29 is 8.42 Å². The number of rotatable bonds is 5. The number of nitrogens with one attached hydrogen (secondary N) is 1. The van der Waals surface area contributed by atoms with Crippen LogP contribution in [0.1, 0.15) is 26.3 Å². The quantitative estimate of drug-likeness (QED) is 0.859. The highest BCUT2D eigenvalue weighted by Crippen LogP contribution is 2.18. The van der Waals surface area contributed by atoms with E-state index >= 15 is 0 Å². The first-order valence-corrected chi connectivity index (χ1v) is 7.67. The van der Waals surface area contributed by atoms with Crippen LogP contribution in [0.5, 0.6) is 0 Å². The molecule has 0 aliphatic rings. The highest BCUT2D eigenvalue weighted by atomic mass is 32.2. The Kier molecular flexibility index (Phi) is 4.76. The molecule has 0 saturated carbocycles. The van der Waals surface area contributed by atoms with Crippen molar-refractivity contribution in [3.8, 4) is 0 Å². The molecule has 0 saturated heterocycles. The summed E-state index contributed by atoms with van der Waals surface area (Å²) in [5.41, 5.74) is 6.90. The van der Waals surface area contributed by atoms with E-state index < -0.39 is 10.0 Å². The molecule has 0 aromatic heterocycles. The molecule has 0 heterocycles. The first-order valence-electron chi connectivity index (χ1n) is 6.01. The number of sulfonamides is 1. The summed E-state index contributed by atoms with van der Waals surface area (Å²) < 4.78 is 26.4. The number of hydrogen-bond acceptors (Lipinski definition) is 3. The molecule has 0 aliphatic carbocycles. The third-order valence-corrected chi connectivity index (χ3v) is 4.08. The van der Waals surface area contributed by atoms with Gasteiger partial charge in [0.05, 0.1) is 5.75 Å². The SMILES string of the molecule is CC(C)(C)CS(=O)(=O)Nc1ccc(CCN)cc1. The third kappa shape index (κ3) is 5.51. The topological polar surface area (TPSA) is 72.2 Å². The molecule has 5 heteroatoms. The van der Waals surface area contributed by atoms with Gasteiger partial charge in [-0.3, -0.25) is 4.72 Å². The van der Waals surface area contributed by atoms with Crippen molar-refractivity contribution in [3.63, 3.8) is 0 Å². The zero-order valence-electron chi connectivity index (χ0n) is 11.2. The van der Waals surface area contributed by atoms with E-state index in [1.807, 2.05) is 32.9 Å². The lowest BCUT2D eigenvalue weighted by Gasteiger charge is -2.18. The zero-order chi connectivity index (χ0) is 13.8. The van der Waals surface area contributed by atoms with E-state index in [1.54, 1.807) is 12.1 Å². The minimum absolute atomic E-state index is 0.102. The van der Waals surface area contributed by atoms with Gasteiger partial charge in [-0.25, -0.2) is 8.42 Å². The van der Waals surface area contributed by atoms with Crippen LogP contribution in [0.4, 0.5) is 5.69 Å². The van der Waals surface area contributed by atoms with Crippen LogP contribution >= 0.6 is 0 Å². The summed E-state index contributed by atoms with van der Waals surface area (Å²) in [6, 6.07) is 7.32. The maximum absolute atomic E-state index is 11.9. The van der Waals surface area contributed by atoms with E-state index in [0.29, 0.717) is 12.2 Å². The maximum atomic E-state index is 11.9. The Morgan fingerprint density at radius 2 is 1.72 bits per heavy atom. The lowest BCUT2D eigenvalue weighted by atomic mass is 10.0. The molecule has 1 aromatic carbocycles. The number of hydrogen-bond donors (Lipinski definition) is 2. The molecule has 18 heavy (non-hydrogen) atoms. The van der Waals surface area contributed by atoms with Crippen LogP contribution in [0.3, 0.4) is 0 Å². The molecular weight excluding hydrogens is 248 g/mol. The summed E-state index contributed by atoms with van der Waals surface area (Å²) in [6.07, 6.45) is 0.801. The molecule has 0 aliphatic heterocycles. The molecule has 0 radical (unpaired) electrons. The predicted molar refractivity (Wildman–Crippen MR) is 76.1 cm³/mol. The van der Waals surface area contributed by atoms with Crippen molar-refractivity contribution in [2.75, 3.05) is 17.0 Å². The summed E-state index contributed by atoms with van der Waals surface area (Å²) in [4.78, 5) is 0. The highest BCUT2D eigenvalue weighted by Gasteiger charge is 2.21. The normalized spacial score (nSPS) is 12.4. The third-order valence-electron chi connectivity index (χ3n) is 2.28. The van der Waals surface area contributed by atoms with Gasteiger partial charge in [0.25, 0.3) is 0 Å². The number of nitrogens with two attached hydrogens (primary N) is 1. The van der Waals surface area contributed by atoms with Gasteiger partial charge in [-0.1, -0.05) is 32.9 Å². The van der Waals surface area contributed by atoms with E-state index in [1.165, 1.54) is 0 Å². The Morgan fingerprint density at radius 3 is 2.17 bits per heavy atom. The first-order chi connectivity index (χ1) is 8.22. The molecule has 0 unspecified atom stereocenters. The predicted octanol–water partition coefficient (Wildman–Crippen LogP) is 1.98. The largest absolute Gasteiger partial charge is 0.330 e. The van der Waals surface area contributed by atoms with Crippen molar-refractivity contribution in [1.82, 2.24) is 0 Å². The molecule has 1 aromatic rings. The Hall–Kier alpha value is -1.07. The summed E-state index contributed by atoms with van der Waals surface area (Å²) in [5.74, 6) is 0.102. The lowest BCUT2D eigenvalue weighted by molar-refractivity contribution is 0.463. The van der Waals surface area contributed by atoms with Gasteiger partial charge in [0.2, 0.25) is 10.0 Å². The van der Waals surface area contributed by atoms with Gasteiger partial charge in [-0.2, -0.15) is 0 Å². The molecule has 0 fully saturated rings. The molecule has 0 amide bonds. The Labute approximate surface area is 110 Å². The van der Waals surface area contributed by atoms with Crippen LogP contribution < -0.4 is 10.5 Å². The summed E-state index contributed by atoms with van der Waals surface area (Å²) in [7, 11) is -3.29. The van der Waals surface area contributed by atoms with Crippen molar-refractivity contribution in [2.45, 2.75) is 27.2 Å². The molecule has 3 N–H and O–H groups in total. The van der Waals surface area contributed by atoms with Crippen molar-refractivity contribution in [1.29, 1.82) is 0 Å². The average Bonchev–Trinajstić information content (AvgIpc) is 2.17. The van der Waals surface area contributed by atoms with Crippen LogP contribution in [-0.2, 0) is 16.4 Å². The number of anilines is 1. The van der Waals surface area contributed by atoms with Crippen LogP contribution in [-0.4, -0.2) is 20.7 Å². The minimum Gasteiger partial charge on any atom is -0.330 e. The average molecular weight is 270 g/mol. The van der Waals surface area contributed by atoms with Crippen LogP contribution in [0.25, 0.3) is 0 Å². The Balaban J connectivity index is 2.72. The van der Waals surface area contributed by atoms with E-state index in [-0.39, 0.29) is 11.2 Å². The van der Waals surface area contributed by atoms with E-state index in [0.717, 1.165) is 12.0 Å². The molecule has 1 rings (SSSR count). The fourth-order valence-corrected chi connectivity index (χ4v) is 3.40. The van der Waals surface area contributed by atoms with E-state index in [4.69, 9.17) is 5.73 Å². The van der Waals surface area contributed by atoms with Crippen LogP contribution in [0.2, 0.25) is 0 Å². The zero-order valence-corrected chi connectivity index (χ0v) is 12.0. The second-order valence-corrected chi connectivity index (χ2v) is 7.38. The maximum Gasteiger partial charge on any atom is 0.233 e. The lowest BCUT2D eigenvalue weighted by Crippen LogP contribution is -2.26. The van der Waals surface area contributed by atoms with Crippen molar-refractivity contribution in [3.05, 3.63) is 29.8 Å². The van der Waals surface area contributed by atoms with Gasteiger partial charge in [0.15, 0.2) is 0 Å². The standard InChI is InChI=1S/C13H22N2O2S/c1-13(2,3)10-18(16,17)15-12-6-4-11(5-7-12)8-9-14/h4-7,15H,8-10,14H2,1-3H3. The smallest absolute Gasteiger partial charge is 0.233 e. The number of benzene rings is 1. The van der Waals surface area contributed by atoms with E-state index in [2.05, 4.69) is 4.72 Å². The Morgan fingerprint density at radius 1 is 1.17 bits per heavy atom. The van der Waals surface area contributed by atoms with Gasteiger partial charge in [-0.15, -0.1) is 0 Å². The van der Waals surface area contributed by atoms with Gasteiger partial charge < -0.3 is 5.73 Å². The first kappa shape index (κ1) is 15.0. The van der Waals surface area contributed by atoms with Crippen LogP contribution in [0, 0.1) is 5.41 Å². The van der Waals surface area contributed by atoms with Gasteiger partial charge in [-0.05, 0) is 36.1 Å². The minimum atomic E-state index is -3.29. The second-order valence-electron chi connectivity index (χ2n) is 5.66. The Bertz CT molecular complexity index is 473. The molecular formula is C13H22N2O2S. The monoisotopic (exact) mass is 270 g/mol. The van der Waals surface area contributed by atoms with Gasteiger partial charge in [0, 0.05) is 5.69 Å². The molecule has 0 bridgehead atoms. The summed E-state index contributed by atoms with van der Waals surface area (Å²) >= 11 is 0. The van der Waals surface area contributed by atoms with Crippen LogP contribution in [0.15, 0.2) is 24.3 Å². The van der Waals surface area contributed by atoms with Crippen molar-refractivity contribution >= 4 is 15.7 Å². The van der Waals surface area contributed by atoms with Gasteiger partial charge in [0.1, 0.15) is 0 Å². The molecule has 0 atom stereocenters. The fraction of sp³-hybridized carbons (Fsp3) is 0.538. The van der Waals surface area contributed by atoms with Gasteiger partial charge >= 0.3 is 0 Å². The fourth-order valence-electron chi connectivity index (χ4n) is 1.69. The molecule has 102 valence electrons. The second kappa shape index (κ2) is 5.71. The summed E-state index contributed by atoms with van der Waals surface area (Å²) in [5, 5.41) is 0. The summed E-state index contributed by atoms with van der Waals surface area (Å²) in [6.45, 7) is 6.29. The van der Waals surface area contributed by atoms with Crippen molar-refractivity contribution in [2.24, 2.45) is 11.1 Å². The van der Waals surface area contributed by atoms with E-state index in [9.17, 15) is 8.42 Å². The molecule has 4 nitrogen and oxygen atoms in total. The molecule has 0 spiro atoms.